The Morgan fingerprint density at radius 3 is 2.94 bits per heavy atom. The SMILES string of the molecule is COCCCn1cccc(CCC(=O)O)c1=O. The Hall–Kier alpha value is -1.62. The molecule has 1 aromatic rings. The summed E-state index contributed by atoms with van der Waals surface area (Å²) in [5.41, 5.74) is 0.442. The molecule has 0 fully saturated rings. The van der Waals surface area contributed by atoms with E-state index in [4.69, 9.17) is 9.84 Å². The van der Waals surface area contributed by atoms with Crippen LogP contribution in [0.5, 0.6) is 0 Å². The van der Waals surface area contributed by atoms with Gasteiger partial charge in [0.1, 0.15) is 0 Å². The molecule has 1 N–H and O–H groups in total. The molecular formula is C12H17NO4. The second kappa shape index (κ2) is 6.85. The van der Waals surface area contributed by atoms with Crippen molar-refractivity contribution in [2.75, 3.05) is 13.7 Å². The lowest BCUT2D eigenvalue weighted by molar-refractivity contribution is -0.136. The van der Waals surface area contributed by atoms with E-state index in [9.17, 15) is 9.59 Å². The van der Waals surface area contributed by atoms with Crippen LogP contribution in [0.4, 0.5) is 0 Å². The van der Waals surface area contributed by atoms with Gasteiger partial charge >= 0.3 is 5.97 Å². The van der Waals surface area contributed by atoms with E-state index >= 15 is 0 Å². The zero-order chi connectivity index (χ0) is 12.7. The van der Waals surface area contributed by atoms with E-state index in [-0.39, 0.29) is 18.4 Å². The summed E-state index contributed by atoms with van der Waals surface area (Å²) in [5, 5.41) is 8.58. The summed E-state index contributed by atoms with van der Waals surface area (Å²) in [6.45, 7) is 1.19. The minimum Gasteiger partial charge on any atom is -0.481 e. The molecule has 0 spiro atoms. The minimum atomic E-state index is -0.890. The predicted molar refractivity (Wildman–Crippen MR) is 63.2 cm³/mol. The van der Waals surface area contributed by atoms with Gasteiger partial charge in [-0.1, -0.05) is 6.07 Å². The second-order valence-electron chi connectivity index (χ2n) is 3.77. The van der Waals surface area contributed by atoms with Crippen molar-refractivity contribution < 1.29 is 14.6 Å². The monoisotopic (exact) mass is 239 g/mol. The molecule has 0 saturated heterocycles. The van der Waals surface area contributed by atoms with Crippen molar-refractivity contribution in [3.8, 4) is 0 Å². The van der Waals surface area contributed by atoms with Crippen LogP contribution < -0.4 is 5.56 Å². The smallest absolute Gasteiger partial charge is 0.303 e. The van der Waals surface area contributed by atoms with Gasteiger partial charge in [0.15, 0.2) is 0 Å². The second-order valence-corrected chi connectivity index (χ2v) is 3.77. The van der Waals surface area contributed by atoms with Gasteiger partial charge in [-0.05, 0) is 18.9 Å². The lowest BCUT2D eigenvalue weighted by Crippen LogP contribution is -2.24. The van der Waals surface area contributed by atoms with Crippen molar-refractivity contribution in [1.29, 1.82) is 0 Å². The first-order chi connectivity index (χ1) is 8.15. The van der Waals surface area contributed by atoms with E-state index in [1.54, 1.807) is 30.0 Å². The molecule has 1 rings (SSSR count). The van der Waals surface area contributed by atoms with E-state index < -0.39 is 5.97 Å². The van der Waals surface area contributed by atoms with Crippen LogP contribution in [0.2, 0.25) is 0 Å². The number of carbonyl (C=O) groups is 1. The number of pyridine rings is 1. The van der Waals surface area contributed by atoms with Crippen molar-refractivity contribution in [2.24, 2.45) is 0 Å². The van der Waals surface area contributed by atoms with Crippen LogP contribution in [0.15, 0.2) is 23.1 Å². The van der Waals surface area contributed by atoms with E-state index in [1.807, 2.05) is 0 Å². The van der Waals surface area contributed by atoms with Crippen LogP contribution >= 0.6 is 0 Å². The van der Waals surface area contributed by atoms with Crippen LogP contribution in [-0.4, -0.2) is 29.4 Å². The number of carboxylic acid groups (broad SMARTS) is 1. The van der Waals surface area contributed by atoms with Gasteiger partial charge in [-0.15, -0.1) is 0 Å². The van der Waals surface area contributed by atoms with Gasteiger partial charge in [-0.3, -0.25) is 9.59 Å². The maximum absolute atomic E-state index is 11.9. The van der Waals surface area contributed by atoms with Gasteiger partial charge in [-0.2, -0.15) is 0 Å². The van der Waals surface area contributed by atoms with Crippen LogP contribution in [-0.2, 0) is 22.5 Å². The number of hydrogen-bond donors (Lipinski definition) is 1. The number of nitrogens with zero attached hydrogens (tertiary/aromatic N) is 1. The molecule has 94 valence electrons. The lowest BCUT2D eigenvalue weighted by Gasteiger charge is -2.07. The third-order valence-electron chi connectivity index (χ3n) is 2.45. The Morgan fingerprint density at radius 2 is 2.29 bits per heavy atom. The van der Waals surface area contributed by atoms with E-state index in [0.717, 1.165) is 6.42 Å². The van der Waals surface area contributed by atoms with E-state index in [1.165, 1.54) is 0 Å². The van der Waals surface area contributed by atoms with Gasteiger partial charge in [-0.25, -0.2) is 0 Å². The molecule has 1 aromatic heterocycles. The first-order valence-corrected chi connectivity index (χ1v) is 5.54. The average molecular weight is 239 g/mol. The first kappa shape index (κ1) is 13.4. The van der Waals surface area contributed by atoms with Gasteiger partial charge in [0.2, 0.25) is 0 Å². The summed E-state index contributed by atoms with van der Waals surface area (Å²) in [5.74, 6) is -0.890. The Labute approximate surface area is 99.6 Å². The van der Waals surface area contributed by atoms with Gasteiger partial charge in [0.05, 0.1) is 0 Å². The summed E-state index contributed by atoms with van der Waals surface area (Å²) in [6, 6.07) is 3.45. The molecular weight excluding hydrogens is 222 g/mol. The molecule has 0 aromatic carbocycles. The molecule has 0 aliphatic carbocycles. The molecule has 0 amide bonds. The lowest BCUT2D eigenvalue weighted by atomic mass is 10.1. The number of rotatable bonds is 7. The highest BCUT2D eigenvalue weighted by molar-refractivity contribution is 5.67. The molecule has 5 heteroatoms. The summed E-state index contributed by atoms with van der Waals surface area (Å²) < 4.78 is 6.51. The van der Waals surface area contributed by atoms with Crippen LogP contribution in [0, 0.1) is 0 Å². The first-order valence-electron chi connectivity index (χ1n) is 5.54. The van der Waals surface area contributed by atoms with E-state index in [2.05, 4.69) is 0 Å². The van der Waals surface area contributed by atoms with Gasteiger partial charge in [0, 0.05) is 38.4 Å². The number of aromatic nitrogens is 1. The number of aryl methyl sites for hydroxylation is 2. The maximum Gasteiger partial charge on any atom is 0.303 e. The van der Waals surface area contributed by atoms with Crippen LogP contribution in [0.25, 0.3) is 0 Å². The van der Waals surface area contributed by atoms with Crippen molar-refractivity contribution in [2.45, 2.75) is 25.8 Å². The Balaban J connectivity index is 2.69. The largest absolute Gasteiger partial charge is 0.481 e. The Morgan fingerprint density at radius 1 is 1.53 bits per heavy atom. The molecule has 0 saturated carbocycles. The number of aliphatic carboxylic acids is 1. The predicted octanol–water partition coefficient (Wildman–Crippen LogP) is 0.902. The molecule has 17 heavy (non-hydrogen) atoms. The van der Waals surface area contributed by atoms with Crippen molar-refractivity contribution in [3.05, 3.63) is 34.2 Å². The summed E-state index contributed by atoms with van der Waals surface area (Å²) in [6.07, 6.45) is 2.73. The summed E-state index contributed by atoms with van der Waals surface area (Å²) >= 11 is 0. The molecule has 5 nitrogen and oxygen atoms in total. The van der Waals surface area contributed by atoms with Crippen molar-refractivity contribution in [1.82, 2.24) is 4.57 Å². The van der Waals surface area contributed by atoms with Crippen LogP contribution in [0.1, 0.15) is 18.4 Å². The fourth-order valence-corrected chi connectivity index (χ4v) is 1.57. The Bertz CT molecular complexity index is 425. The standard InChI is InChI=1S/C12H17NO4/c1-17-9-3-8-13-7-2-4-10(12(13)16)5-6-11(14)15/h2,4,7H,3,5-6,8-9H2,1H3,(H,14,15). The molecule has 0 unspecified atom stereocenters. The minimum absolute atomic E-state index is 0.0165. The molecule has 0 aliphatic rings. The average Bonchev–Trinajstić information content (AvgIpc) is 2.30. The summed E-state index contributed by atoms with van der Waals surface area (Å²) in [7, 11) is 1.62. The highest BCUT2D eigenvalue weighted by atomic mass is 16.5. The molecule has 0 bridgehead atoms. The highest BCUT2D eigenvalue weighted by Crippen LogP contribution is 1.98. The number of ether oxygens (including phenoxy) is 1. The molecule has 0 aliphatic heterocycles. The highest BCUT2D eigenvalue weighted by Gasteiger charge is 2.05. The zero-order valence-electron chi connectivity index (χ0n) is 9.89. The number of methoxy groups -OCH3 is 1. The van der Waals surface area contributed by atoms with Gasteiger partial charge < -0.3 is 14.4 Å². The third kappa shape index (κ3) is 4.40. The number of hydrogen-bond acceptors (Lipinski definition) is 3. The van der Waals surface area contributed by atoms with Crippen LogP contribution in [0.3, 0.4) is 0 Å². The normalized spacial score (nSPS) is 10.4. The van der Waals surface area contributed by atoms with E-state index in [0.29, 0.717) is 18.7 Å². The number of carboxylic acids is 1. The molecule has 0 radical (unpaired) electrons. The zero-order valence-corrected chi connectivity index (χ0v) is 9.89. The topological polar surface area (TPSA) is 68.5 Å². The molecule has 1 heterocycles. The quantitative estimate of drug-likeness (QED) is 0.718. The van der Waals surface area contributed by atoms with Gasteiger partial charge in [0.25, 0.3) is 5.56 Å². The van der Waals surface area contributed by atoms with Crippen molar-refractivity contribution >= 4 is 5.97 Å². The fourth-order valence-electron chi connectivity index (χ4n) is 1.57. The van der Waals surface area contributed by atoms with Crippen molar-refractivity contribution in [3.63, 3.8) is 0 Å². The Kier molecular flexibility index (Phi) is 5.42. The fraction of sp³-hybridized carbons (Fsp3) is 0.500. The third-order valence-corrected chi connectivity index (χ3v) is 2.45. The molecule has 0 atom stereocenters. The summed E-state index contributed by atoms with van der Waals surface area (Å²) in [4.78, 5) is 22.4. The maximum atomic E-state index is 11.9.